The van der Waals surface area contributed by atoms with Crippen molar-refractivity contribution in [3.05, 3.63) is 12.2 Å². The Morgan fingerprint density at radius 1 is 0.750 bits per heavy atom. The maximum absolute atomic E-state index is 11.1. The van der Waals surface area contributed by atoms with Crippen molar-refractivity contribution in [3.8, 4) is 0 Å². The zero-order valence-electron chi connectivity index (χ0n) is 16.3. The number of hydroxylamine groups is 1. The Bertz CT molecular complexity index is 290. The second-order valence-electron chi connectivity index (χ2n) is 6.77. The lowest BCUT2D eigenvalue weighted by Gasteiger charge is -2.02. The van der Waals surface area contributed by atoms with Crippen LogP contribution in [0.3, 0.4) is 0 Å². The number of hydrogen-bond acceptors (Lipinski definition) is 2. The average Bonchev–Trinajstić information content (AvgIpc) is 2.58. The summed E-state index contributed by atoms with van der Waals surface area (Å²) in [6, 6.07) is 0. The van der Waals surface area contributed by atoms with Crippen molar-refractivity contribution < 1.29 is 9.63 Å². The van der Waals surface area contributed by atoms with Crippen LogP contribution in [0.15, 0.2) is 12.2 Å². The highest BCUT2D eigenvalue weighted by molar-refractivity contribution is 5.74. The van der Waals surface area contributed by atoms with Crippen molar-refractivity contribution in [2.75, 3.05) is 7.11 Å². The number of carbonyl (C=O) groups is 1. The summed E-state index contributed by atoms with van der Waals surface area (Å²) < 4.78 is 0. The highest BCUT2D eigenvalue weighted by atomic mass is 16.6. The number of carbonyl (C=O) groups excluding carboxylic acids is 1. The van der Waals surface area contributed by atoms with Gasteiger partial charge in [-0.3, -0.25) is 9.63 Å². The molecule has 0 rings (SSSR count). The Hall–Kier alpha value is -0.830. The smallest absolute Gasteiger partial charge is 0.243 e. The fraction of sp³-hybridized carbons (Fsp3) is 0.857. The van der Waals surface area contributed by atoms with Gasteiger partial charge >= 0.3 is 0 Å². The molecule has 0 saturated carbocycles. The van der Waals surface area contributed by atoms with Gasteiger partial charge in [-0.2, -0.15) is 0 Å². The van der Waals surface area contributed by atoms with Crippen molar-refractivity contribution in [1.82, 2.24) is 5.48 Å². The second-order valence-corrected chi connectivity index (χ2v) is 6.77. The van der Waals surface area contributed by atoms with Crippen LogP contribution >= 0.6 is 0 Å². The summed E-state index contributed by atoms with van der Waals surface area (Å²) in [6.45, 7) is 2.28. The Kier molecular flexibility index (Phi) is 19.5. The molecule has 1 N–H and O–H groups in total. The van der Waals surface area contributed by atoms with E-state index >= 15 is 0 Å². The maximum atomic E-state index is 11.1. The van der Waals surface area contributed by atoms with Gasteiger partial charge < -0.3 is 0 Å². The van der Waals surface area contributed by atoms with Gasteiger partial charge in [-0.05, 0) is 19.3 Å². The Labute approximate surface area is 150 Å². The molecule has 0 aromatic rings. The summed E-state index contributed by atoms with van der Waals surface area (Å²) in [7, 11) is 1.46. The van der Waals surface area contributed by atoms with Crippen LogP contribution < -0.4 is 5.48 Å². The highest BCUT2D eigenvalue weighted by Gasteiger charge is 1.96. The summed E-state index contributed by atoms with van der Waals surface area (Å²) >= 11 is 0. The molecule has 0 spiro atoms. The minimum atomic E-state index is -0.0527. The zero-order chi connectivity index (χ0) is 17.7. The lowest BCUT2D eigenvalue weighted by atomic mass is 10.0. The standard InChI is InChI=1S/C21H41NO2/c1-3-4-5-6-7-8-9-10-11-12-13-14-15-16-17-18-19-20-21(23)22-24-2/h17-18H,3-16,19-20H2,1-2H3,(H,22,23). The molecule has 3 heteroatoms. The first-order valence-corrected chi connectivity index (χ1v) is 10.3. The largest absolute Gasteiger partial charge is 0.277 e. The number of amides is 1. The molecular formula is C21H41NO2. The number of rotatable bonds is 18. The lowest BCUT2D eigenvalue weighted by Crippen LogP contribution is -2.20. The minimum Gasteiger partial charge on any atom is -0.277 e. The van der Waals surface area contributed by atoms with Crippen LogP contribution in [-0.2, 0) is 9.63 Å². The van der Waals surface area contributed by atoms with Crippen LogP contribution in [-0.4, -0.2) is 13.0 Å². The fourth-order valence-corrected chi connectivity index (χ4v) is 2.89. The quantitative estimate of drug-likeness (QED) is 0.176. The zero-order valence-corrected chi connectivity index (χ0v) is 16.3. The van der Waals surface area contributed by atoms with E-state index in [2.05, 4.69) is 29.4 Å². The lowest BCUT2D eigenvalue weighted by molar-refractivity contribution is -0.131. The number of unbranched alkanes of at least 4 members (excludes halogenated alkanes) is 13. The third-order valence-corrected chi connectivity index (χ3v) is 4.39. The van der Waals surface area contributed by atoms with E-state index in [1.807, 2.05) is 0 Å². The van der Waals surface area contributed by atoms with Crippen molar-refractivity contribution in [2.45, 2.75) is 110 Å². The predicted octanol–water partition coefficient (Wildman–Crippen LogP) is 6.48. The van der Waals surface area contributed by atoms with Gasteiger partial charge in [0.05, 0.1) is 7.11 Å². The number of hydrogen-bond donors (Lipinski definition) is 1. The normalized spacial score (nSPS) is 11.2. The molecule has 0 fully saturated rings. The Balaban J connectivity index is 3.11. The van der Waals surface area contributed by atoms with E-state index in [9.17, 15) is 4.79 Å². The molecule has 0 aliphatic heterocycles. The topological polar surface area (TPSA) is 38.3 Å². The van der Waals surface area contributed by atoms with Crippen LogP contribution in [0.1, 0.15) is 110 Å². The van der Waals surface area contributed by atoms with E-state index in [1.165, 1.54) is 90.6 Å². The number of nitrogens with one attached hydrogen (secondary N) is 1. The molecule has 0 bridgehead atoms. The van der Waals surface area contributed by atoms with Crippen molar-refractivity contribution in [3.63, 3.8) is 0 Å². The molecule has 24 heavy (non-hydrogen) atoms. The summed E-state index contributed by atoms with van der Waals surface area (Å²) in [5.41, 5.74) is 2.33. The number of allylic oxidation sites excluding steroid dienone is 2. The van der Waals surface area contributed by atoms with Gasteiger partial charge in [0.1, 0.15) is 0 Å². The molecule has 3 nitrogen and oxygen atoms in total. The Morgan fingerprint density at radius 3 is 1.71 bits per heavy atom. The first-order chi connectivity index (χ1) is 11.8. The van der Waals surface area contributed by atoms with Gasteiger partial charge in [-0.15, -0.1) is 0 Å². The van der Waals surface area contributed by atoms with Crippen LogP contribution in [0.5, 0.6) is 0 Å². The molecule has 1 amide bonds. The molecule has 0 aliphatic carbocycles. The summed E-state index contributed by atoms with van der Waals surface area (Å²) in [4.78, 5) is 15.7. The Morgan fingerprint density at radius 2 is 1.21 bits per heavy atom. The van der Waals surface area contributed by atoms with Gasteiger partial charge in [0, 0.05) is 6.42 Å². The van der Waals surface area contributed by atoms with Crippen molar-refractivity contribution in [2.24, 2.45) is 0 Å². The van der Waals surface area contributed by atoms with Gasteiger partial charge in [0.25, 0.3) is 0 Å². The van der Waals surface area contributed by atoms with Crippen molar-refractivity contribution in [1.29, 1.82) is 0 Å². The first-order valence-electron chi connectivity index (χ1n) is 10.3. The van der Waals surface area contributed by atoms with E-state index in [-0.39, 0.29) is 5.91 Å². The molecular weight excluding hydrogens is 298 g/mol. The molecule has 0 unspecified atom stereocenters. The third kappa shape index (κ3) is 19.2. The second kappa shape index (κ2) is 20.2. The minimum absolute atomic E-state index is 0.0527. The molecule has 0 heterocycles. The SMILES string of the molecule is CCCCCCCCCCCCCCCC=CCCC(=O)NOC. The van der Waals surface area contributed by atoms with Crippen LogP contribution in [0.4, 0.5) is 0 Å². The predicted molar refractivity (Wildman–Crippen MR) is 104 cm³/mol. The van der Waals surface area contributed by atoms with E-state index in [0.29, 0.717) is 6.42 Å². The molecule has 0 saturated heterocycles. The van der Waals surface area contributed by atoms with Gasteiger partial charge in [0.2, 0.25) is 5.91 Å². The van der Waals surface area contributed by atoms with E-state index in [4.69, 9.17) is 0 Å². The molecule has 0 aromatic heterocycles. The summed E-state index contributed by atoms with van der Waals surface area (Å²) in [6.07, 6.45) is 25.0. The summed E-state index contributed by atoms with van der Waals surface area (Å²) in [5, 5.41) is 0. The first kappa shape index (κ1) is 23.2. The molecule has 0 radical (unpaired) electrons. The van der Waals surface area contributed by atoms with Crippen LogP contribution in [0.25, 0.3) is 0 Å². The highest BCUT2D eigenvalue weighted by Crippen LogP contribution is 2.13. The monoisotopic (exact) mass is 339 g/mol. The fourth-order valence-electron chi connectivity index (χ4n) is 2.89. The molecule has 0 atom stereocenters. The van der Waals surface area contributed by atoms with Gasteiger partial charge in [0.15, 0.2) is 0 Å². The van der Waals surface area contributed by atoms with E-state index in [0.717, 1.165) is 12.8 Å². The molecule has 0 aliphatic rings. The molecule has 0 aromatic carbocycles. The van der Waals surface area contributed by atoms with E-state index < -0.39 is 0 Å². The van der Waals surface area contributed by atoms with Gasteiger partial charge in [-0.1, -0.05) is 96.1 Å². The van der Waals surface area contributed by atoms with Crippen molar-refractivity contribution >= 4 is 5.91 Å². The average molecular weight is 340 g/mol. The third-order valence-electron chi connectivity index (χ3n) is 4.39. The van der Waals surface area contributed by atoms with Crippen LogP contribution in [0.2, 0.25) is 0 Å². The van der Waals surface area contributed by atoms with Crippen LogP contribution in [0, 0.1) is 0 Å². The van der Waals surface area contributed by atoms with Gasteiger partial charge in [-0.25, -0.2) is 5.48 Å². The maximum Gasteiger partial charge on any atom is 0.243 e. The van der Waals surface area contributed by atoms with E-state index in [1.54, 1.807) is 0 Å². The summed E-state index contributed by atoms with van der Waals surface area (Å²) in [5.74, 6) is -0.0527. The molecule has 142 valence electrons.